The summed E-state index contributed by atoms with van der Waals surface area (Å²) in [4.78, 5) is 0. The number of hydrogen-bond donors (Lipinski definition) is 1. The first kappa shape index (κ1) is 5.50. The maximum atomic E-state index is 4.95. The standard InChI is InChI=1S/C4H9NO/c1-6-4-2-3-5/h2-3H,4-5H2,1H3/b3-2+. The molecule has 0 bridgehead atoms. The molecule has 0 aromatic heterocycles. The Bertz CT molecular complexity index is 42.8. The zero-order valence-corrected chi connectivity index (χ0v) is 3.85. The van der Waals surface area contributed by atoms with Gasteiger partial charge in [0.25, 0.3) is 0 Å². The van der Waals surface area contributed by atoms with Gasteiger partial charge in [-0.2, -0.15) is 0 Å². The van der Waals surface area contributed by atoms with Gasteiger partial charge in [-0.15, -0.1) is 0 Å². The molecule has 0 aromatic carbocycles. The van der Waals surface area contributed by atoms with Crippen LogP contribution in [0.3, 0.4) is 0 Å². The molecule has 0 aliphatic carbocycles. The lowest BCUT2D eigenvalue weighted by Gasteiger charge is -1.81. The molecule has 0 radical (unpaired) electrons. The molecule has 0 atom stereocenters. The predicted molar refractivity (Wildman–Crippen MR) is 25.2 cm³/mol. The zero-order valence-electron chi connectivity index (χ0n) is 3.85. The molecular formula is C4H9NO. The van der Waals surface area contributed by atoms with E-state index < -0.39 is 0 Å². The van der Waals surface area contributed by atoms with Crippen molar-refractivity contribution in [2.45, 2.75) is 0 Å². The SMILES string of the molecule is COC/C=C/N. The van der Waals surface area contributed by atoms with Crippen molar-refractivity contribution in [3.63, 3.8) is 0 Å². The third-order valence-corrected chi connectivity index (χ3v) is 0.399. The van der Waals surface area contributed by atoms with Crippen molar-refractivity contribution in [3.05, 3.63) is 12.3 Å². The van der Waals surface area contributed by atoms with Crippen LogP contribution in [0.1, 0.15) is 0 Å². The minimum atomic E-state index is 0.608. The van der Waals surface area contributed by atoms with Crippen LogP contribution in [0.4, 0.5) is 0 Å². The Morgan fingerprint density at radius 1 is 1.83 bits per heavy atom. The first-order valence-electron chi connectivity index (χ1n) is 1.77. The van der Waals surface area contributed by atoms with Crippen molar-refractivity contribution in [3.8, 4) is 0 Å². The molecule has 0 saturated carbocycles. The summed E-state index contributed by atoms with van der Waals surface area (Å²) in [7, 11) is 1.62. The van der Waals surface area contributed by atoms with Crippen LogP contribution < -0.4 is 5.73 Å². The first-order chi connectivity index (χ1) is 2.91. The molecule has 0 aliphatic heterocycles. The monoisotopic (exact) mass is 87.1 g/mol. The quantitative estimate of drug-likeness (QED) is 0.518. The van der Waals surface area contributed by atoms with Gasteiger partial charge >= 0.3 is 0 Å². The molecule has 2 nitrogen and oxygen atoms in total. The second-order valence-electron chi connectivity index (χ2n) is 0.883. The summed E-state index contributed by atoms with van der Waals surface area (Å²) in [5, 5.41) is 0. The minimum Gasteiger partial charge on any atom is -0.405 e. The summed E-state index contributed by atoms with van der Waals surface area (Å²) in [6.07, 6.45) is 3.20. The van der Waals surface area contributed by atoms with E-state index in [4.69, 9.17) is 5.73 Å². The molecule has 0 unspecified atom stereocenters. The molecule has 0 amide bonds. The molecule has 0 heterocycles. The summed E-state index contributed by atoms with van der Waals surface area (Å²) in [5.74, 6) is 0. The van der Waals surface area contributed by atoms with Crippen LogP contribution in [-0.2, 0) is 4.74 Å². The molecule has 0 spiro atoms. The third-order valence-electron chi connectivity index (χ3n) is 0.399. The van der Waals surface area contributed by atoms with Crippen LogP contribution >= 0.6 is 0 Å². The number of hydrogen-bond acceptors (Lipinski definition) is 2. The fourth-order valence-corrected chi connectivity index (χ4v) is 0.152. The highest BCUT2D eigenvalue weighted by molar-refractivity contribution is 4.73. The maximum absolute atomic E-state index is 4.95. The van der Waals surface area contributed by atoms with Gasteiger partial charge in [-0.1, -0.05) is 0 Å². The highest BCUT2D eigenvalue weighted by Gasteiger charge is 1.62. The van der Waals surface area contributed by atoms with Gasteiger partial charge in [0.05, 0.1) is 6.61 Å². The molecule has 0 saturated heterocycles. The second kappa shape index (κ2) is 4.50. The number of ether oxygens (including phenoxy) is 1. The van der Waals surface area contributed by atoms with Crippen LogP contribution in [0.25, 0.3) is 0 Å². The Morgan fingerprint density at radius 2 is 2.50 bits per heavy atom. The molecule has 0 fully saturated rings. The second-order valence-corrected chi connectivity index (χ2v) is 0.883. The van der Waals surface area contributed by atoms with E-state index in [-0.39, 0.29) is 0 Å². The van der Waals surface area contributed by atoms with Crippen molar-refractivity contribution >= 4 is 0 Å². The third kappa shape index (κ3) is 3.50. The van der Waals surface area contributed by atoms with E-state index in [1.165, 1.54) is 6.20 Å². The fraction of sp³-hybridized carbons (Fsp3) is 0.500. The number of rotatable bonds is 2. The molecule has 2 heteroatoms. The highest BCUT2D eigenvalue weighted by atomic mass is 16.5. The Morgan fingerprint density at radius 3 is 2.67 bits per heavy atom. The van der Waals surface area contributed by atoms with E-state index in [1.54, 1.807) is 13.2 Å². The molecular weight excluding hydrogens is 78.0 g/mol. The molecule has 2 N–H and O–H groups in total. The van der Waals surface area contributed by atoms with E-state index >= 15 is 0 Å². The Kier molecular flexibility index (Phi) is 4.12. The van der Waals surface area contributed by atoms with Crippen molar-refractivity contribution < 1.29 is 4.74 Å². The maximum Gasteiger partial charge on any atom is 0.0660 e. The van der Waals surface area contributed by atoms with Crippen molar-refractivity contribution in [1.82, 2.24) is 0 Å². The van der Waals surface area contributed by atoms with Crippen LogP contribution in [0.15, 0.2) is 12.3 Å². The van der Waals surface area contributed by atoms with E-state index in [2.05, 4.69) is 4.74 Å². The van der Waals surface area contributed by atoms with Crippen molar-refractivity contribution in [2.75, 3.05) is 13.7 Å². The Balaban J connectivity index is 2.66. The predicted octanol–water partition coefficient (Wildman–Crippen LogP) is 0.105. The number of nitrogens with two attached hydrogens (primary N) is 1. The van der Waals surface area contributed by atoms with Crippen molar-refractivity contribution in [1.29, 1.82) is 0 Å². The Labute approximate surface area is 37.6 Å². The summed E-state index contributed by atoms with van der Waals surface area (Å²) >= 11 is 0. The number of methoxy groups -OCH3 is 1. The Hall–Kier alpha value is -0.500. The van der Waals surface area contributed by atoms with Crippen LogP contribution in [0.2, 0.25) is 0 Å². The smallest absolute Gasteiger partial charge is 0.0660 e. The summed E-state index contributed by atoms with van der Waals surface area (Å²) in [5.41, 5.74) is 4.95. The van der Waals surface area contributed by atoms with Crippen LogP contribution in [0.5, 0.6) is 0 Å². The van der Waals surface area contributed by atoms with E-state index in [9.17, 15) is 0 Å². The average molecular weight is 87.1 g/mol. The van der Waals surface area contributed by atoms with Gasteiger partial charge in [0, 0.05) is 7.11 Å². The molecule has 0 aromatic rings. The molecule has 6 heavy (non-hydrogen) atoms. The van der Waals surface area contributed by atoms with E-state index in [1.807, 2.05) is 0 Å². The molecule has 0 aliphatic rings. The minimum absolute atomic E-state index is 0.608. The molecule has 36 valence electrons. The van der Waals surface area contributed by atoms with E-state index in [0.717, 1.165) is 0 Å². The average Bonchev–Trinajstić information content (AvgIpc) is 1.61. The van der Waals surface area contributed by atoms with Gasteiger partial charge in [0.1, 0.15) is 0 Å². The van der Waals surface area contributed by atoms with Gasteiger partial charge in [-0.25, -0.2) is 0 Å². The lowest BCUT2D eigenvalue weighted by molar-refractivity contribution is 0.233. The summed E-state index contributed by atoms with van der Waals surface area (Å²) in [6.45, 7) is 0.608. The van der Waals surface area contributed by atoms with Crippen LogP contribution in [0, 0.1) is 0 Å². The fourth-order valence-electron chi connectivity index (χ4n) is 0.152. The normalized spacial score (nSPS) is 10.2. The van der Waals surface area contributed by atoms with Gasteiger partial charge in [0.15, 0.2) is 0 Å². The zero-order chi connectivity index (χ0) is 4.83. The van der Waals surface area contributed by atoms with Crippen molar-refractivity contribution in [2.24, 2.45) is 5.73 Å². The largest absolute Gasteiger partial charge is 0.405 e. The van der Waals surface area contributed by atoms with Gasteiger partial charge in [0.2, 0.25) is 0 Å². The first-order valence-corrected chi connectivity index (χ1v) is 1.77. The summed E-state index contributed by atoms with van der Waals surface area (Å²) < 4.78 is 4.62. The topological polar surface area (TPSA) is 35.2 Å². The van der Waals surface area contributed by atoms with Gasteiger partial charge < -0.3 is 10.5 Å². The van der Waals surface area contributed by atoms with E-state index in [0.29, 0.717) is 6.61 Å². The van der Waals surface area contributed by atoms with Gasteiger partial charge in [-0.05, 0) is 12.3 Å². The lowest BCUT2D eigenvalue weighted by atomic mass is 10.7. The van der Waals surface area contributed by atoms with Crippen LogP contribution in [-0.4, -0.2) is 13.7 Å². The molecule has 0 rings (SSSR count). The lowest BCUT2D eigenvalue weighted by Crippen LogP contribution is -1.83. The summed E-state index contributed by atoms with van der Waals surface area (Å²) in [6, 6.07) is 0. The highest BCUT2D eigenvalue weighted by Crippen LogP contribution is 1.64. The van der Waals surface area contributed by atoms with Gasteiger partial charge in [-0.3, -0.25) is 0 Å².